The molecule has 0 aromatic rings. The molecule has 0 aliphatic rings. The minimum Gasteiger partial charge on any atom is -0.412 e. The molecule has 118 valence electrons. The Balaban J connectivity index is 0. The Labute approximate surface area is 133 Å². The monoisotopic (exact) mass is 378 g/mol. The van der Waals surface area contributed by atoms with Gasteiger partial charge in [-0.05, 0) is 0 Å². The van der Waals surface area contributed by atoms with Crippen molar-refractivity contribution >= 4 is 47.9 Å². The molecule has 12 nitrogen and oxygen atoms in total. The van der Waals surface area contributed by atoms with Crippen LogP contribution in [0.5, 0.6) is 0 Å². The minimum atomic E-state index is 0. The molecule has 24 N–H and O–H groups in total. The molecule has 0 saturated heterocycles. The van der Waals surface area contributed by atoms with Crippen LogP contribution in [0.3, 0.4) is 0 Å². The van der Waals surface area contributed by atoms with Crippen LogP contribution in [0.2, 0.25) is 0 Å². The van der Waals surface area contributed by atoms with E-state index in [0.717, 1.165) is 0 Å². The Bertz CT molecular complexity index is 19.0. The van der Waals surface area contributed by atoms with E-state index >= 15 is 0 Å². The molecule has 16 heavy (non-hydrogen) atoms. The van der Waals surface area contributed by atoms with E-state index in [9.17, 15) is 0 Å². The van der Waals surface area contributed by atoms with Crippen LogP contribution in [-0.2, 0) is 19.5 Å². The van der Waals surface area contributed by atoms with Gasteiger partial charge in [0.25, 0.3) is 0 Å². The Hall–Kier alpha value is 1.49. The van der Waals surface area contributed by atoms with E-state index in [4.69, 9.17) is 0 Å². The van der Waals surface area contributed by atoms with Crippen LogP contribution in [0, 0.1) is 0 Å². The molecule has 0 aliphatic heterocycles. The summed E-state index contributed by atoms with van der Waals surface area (Å²) in [6, 6.07) is 0. The summed E-state index contributed by atoms with van der Waals surface area (Å²) < 4.78 is 0. The van der Waals surface area contributed by atoms with Crippen molar-refractivity contribution in [1.82, 2.24) is 0 Å². The first-order chi connectivity index (χ1) is 0. The summed E-state index contributed by atoms with van der Waals surface area (Å²) in [5.41, 5.74) is 0. The summed E-state index contributed by atoms with van der Waals surface area (Å²) in [4.78, 5) is 0. The third-order valence-corrected chi connectivity index (χ3v) is 0. The van der Waals surface area contributed by atoms with Gasteiger partial charge in [0.2, 0.25) is 0 Å². The molecule has 0 aliphatic carbocycles. The fraction of sp³-hybridized carbons (Fsp3) is 0. The van der Waals surface area contributed by atoms with Gasteiger partial charge in [0.05, 0.1) is 0 Å². The standard InChI is InChI=1S/2ClH.Mg.12H2O.Zn.2H/h2*1H;;12*1H2;;;. The summed E-state index contributed by atoms with van der Waals surface area (Å²) in [6.07, 6.45) is 0. The van der Waals surface area contributed by atoms with Gasteiger partial charge in [0.1, 0.15) is 0 Å². The quantitative estimate of drug-likeness (QED) is 0.353. The van der Waals surface area contributed by atoms with E-state index in [0.29, 0.717) is 0 Å². The molecular formula is H28Cl2MgO12Zn. The van der Waals surface area contributed by atoms with Crippen LogP contribution >= 0.6 is 24.8 Å². The molecule has 0 saturated carbocycles. The van der Waals surface area contributed by atoms with Crippen LogP contribution in [-0.4, -0.2) is 88.8 Å². The molecule has 0 atom stereocenters. The molecule has 0 heterocycles. The maximum Gasteiger partial charge on any atom is 0.316 e. The van der Waals surface area contributed by atoms with E-state index in [1.54, 1.807) is 0 Å². The minimum absolute atomic E-state index is 0. The Morgan fingerprint density at radius 2 is 0.250 bits per heavy atom. The predicted octanol–water partition coefficient (Wildman–Crippen LogP) is -9.97. The second kappa shape index (κ2) is 1780. The molecule has 0 aromatic heterocycles. The zero-order chi connectivity index (χ0) is 0. The molecule has 0 rings (SSSR count). The summed E-state index contributed by atoms with van der Waals surface area (Å²) in [6.45, 7) is 0. The molecule has 0 unspecified atom stereocenters. The van der Waals surface area contributed by atoms with Crippen molar-refractivity contribution in [3.8, 4) is 0 Å². The molecule has 16 heteroatoms. The maximum absolute atomic E-state index is 0. The van der Waals surface area contributed by atoms with Crippen molar-refractivity contribution in [3.05, 3.63) is 0 Å². The summed E-state index contributed by atoms with van der Waals surface area (Å²) in [5.74, 6) is 0. The van der Waals surface area contributed by atoms with Crippen molar-refractivity contribution in [2.75, 3.05) is 0 Å². The van der Waals surface area contributed by atoms with E-state index in [2.05, 4.69) is 0 Å². The van der Waals surface area contributed by atoms with Gasteiger partial charge >= 0.3 is 23.1 Å². The van der Waals surface area contributed by atoms with Gasteiger partial charge in [0.15, 0.2) is 0 Å². The fourth-order valence-electron chi connectivity index (χ4n) is 0. The SMILES string of the molecule is Cl.Cl.O.O.O.O.O.O.O.O.O.O.O.O.[MgH2].[Zn]. The molecular weight excluding hydrogens is 353 g/mol. The molecule has 0 aromatic carbocycles. The van der Waals surface area contributed by atoms with Gasteiger partial charge in [0, 0.05) is 19.5 Å². The van der Waals surface area contributed by atoms with Gasteiger partial charge in [-0.2, -0.15) is 0 Å². The predicted molar refractivity (Wildman–Crippen MR) is 66.4 cm³/mol. The Kier molecular flexibility index (Phi) is 239000. The summed E-state index contributed by atoms with van der Waals surface area (Å²) >= 11 is 0. The fourth-order valence-corrected chi connectivity index (χ4v) is 0. The van der Waals surface area contributed by atoms with Crippen molar-refractivity contribution < 1.29 is 85.2 Å². The zero-order valence-electron chi connectivity index (χ0n) is 7.52. The largest absolute Gasteiger partial charge is 0.412 e. The van der Waals surface area contributed by atoms with Gasteiger partial charge in [-0.15, -0.1) is 24.8 Å². The molecule has 0 spiro atoms. The first kappa shape index (κ1) is 2140. The first-order valence-corrected chi connectivity index (χ1v) is 0. The maximum atomic E-state index is 0. The summed E-state index contributed by atoms with van der Waals surface area (Å²) in [5, 5.41) is 0. The smallest absolute Gasteiger partial charge is 0.316 e. The molecule has 0 radical (unpaired) electrons. The van der Waals surface area contributed by atoms with Gasteiger partial charge in [-0.25, -0.2) is 0 Å². The molecule has 0 bridgehead atoms. The normalized spacial score (nSPS) is 0. The number of rotatable bonds is 0. The van der Waals surface area contributed by atoms with E-state index in [1.165, 1.54) is 0 Å². The Morgan fingerprint density at radius 3 is 0.250 bits per heavy atom. The van der Waals surface area contributed by atoms with Crippen molar-refractivity contribution in [3.63, 3.8) is 0 Å². The zero-order valence-corrected chi connectivity index (χ0v) is 12.1. The average Bonchev–Trinajstić information content (AvgIpc) is 0. The van der Waals surface area contributed by atoms with Crippen LogP contribution in [0.1, 0.15) is 0 Å². The molecule has 0 fully saturated rings. The summed E-state index contributed by atoms with van der Waals surface area (Å²) in [7, 11) is 0. The Morgan fingerprint density at radius 1 is 0.250 bits per heavy atom. The van der Waals surface area contributed by atoms with Gasteiger partial charge in [-0.3, -0.25) is 0 Å². The van der Waals surface area contributed by atoms with Crippen LogP contribution in [0.4, 0.5) is 0 Å². The second-order valence-corrected chi connectivity index (χ2v) is 0. The van der Waals surface area contributed by atoms with Crippen LogP contribution in [0.15, 0.2) is 0 Å². The number of hydrogen-bond donors (Lipinski definition) is 0. The van der Waals surface area contributed by atoms with Crippen LogP contribution in [0.25, 0.3) is 0 Å². The number of halogens is 2. The first-order valence-electron chi connectivity index (χ1n) is 0. The molecule has 0 amide bonds. The van der Waals surface area contributed by atoms with Gasteiger partial charge < -0.3 is 65.7 Å². The van der Waals surface area contributed by atoms with Crippen molar-refractivity contribution in [1.29, 1.82) is 0 Å². The third-order valence-electron chi connectivity index (χ3n) is 0. The van der Waals surface area contributed by atoms with Crippen molar-refractivity contribution in [2.24, 2.45) is 0 Å². The van der Waals surface area contributed by atoms with Gasteiger partial charge in [-0.1, -0.05) is 0 Å². The number of hydrogen-bond acceptors (Lipinski definition) is 0. The van der Waals surface area contributed by atoms with E-state index in [1.807, 2.05) is 0 Å². The third kappa shape index (κ3) is 1470. The second-order valence-electron chi connectivity index (χ2n) is 0. The van der Waals surface area contributed by atoms with Crippen molar-refractivity contribution in [2.45, 2.75) is 0 Å². The topological polar surface area (TPSA) is 378 Å². The van der Waals surface area contributed by atoms with Crippen LogP contribution < -0.4 is 0 Å². The van der Waals surface area contributed by atoms with E-state index in [-0.39, 0.29) is 133 Å². The average molecular weight is 381 g/mol. The van der Waals surface area contributed by atoms with E-state index < -0.39 is 0 Å².